The summed E-state index contributed by atoms with van der Waals surface area (Å²) in [6, 6.07) is 13.4. The first-order valence-corrected chi connectivity index (χ1v) is 13.3. The molecule has 190 valence electrons. The summed E-state index contributed by atoms with van der Waals surface area (Å²) >= 11 is 1.64. The van der Waals surface area contributed by atoms with E-state index in [1.807, 2.05) is 67.4 Å². The van der Waals surface area contributed by atoms with Crippen molar-refractivity contribution in [2.24, 2.45) is 5.92 Å². The van der Waals surface area contributed by atoms with Gasteiger partial charge in [0.2, 0.25) is 5.91 Å². The van der Waals surface area contributed by atoms with Crippen molar-refractivity contribution in [3.63, 3.8) is 0 Å². The van der Waals surface area contributed by atoms with Crippen molar-refractivity contribution in [3.8, 4) is 17.2 Å². The minimum atomic E-state index is -0.149. The first-order chi connectivity index (χ1) is 17.4. The van der Waals surface area contributed by atoms with Crippen LogP contribution in [-0.4, -0.2) is 55.4 Å². The highest BCUT2D eigenvalue weighted by Gasteiger charge is 2.43. The van der Waals surface area contributed by atoms with Gasteiger partial charge in [0, 0.05) is 24.3 Å². The molecule has 1 N–H and O–H groups in total. The molecule has 4 atom stereocenters. The van der Waals surface area contributed by atoms with E-state index in [0.29, 0.717) is 19.6 Å². The number of benzene rings is 2. The number of rotatable bonds is 5. The van der Waals surface area contributed by atoms with Crippen LogP contribution in [-0.2, 0) is 9.59 Å². The molecule has 2 amide bonds. The van der Waals surface area contributed by atoms with Gasteiger partial charge in [-0.25, -0.2) is 0 Å². The third-order valence-electron chi connectivity index (χ3n) is 7.25. The monoisotopic (exact) mass is 508 g/mol. The summed E-state index contributed by atoms with van der Waals surface area (Å²) < 4.78 is 16.6. The van der Waals surface area contributed by atoms with Crippen LogP contribution in [0.2, 0.25) is 0 Å². The Balaban J connectivity index is 1.23. The van der Waals surface area contributed by atoms with Crippen LogP contribution < -0.4 is 19.5 Å². The predicted octanol–water partition coefficient (Wildman–Crippen LogP) is 4.43. The van der Waals surface area contributed by atoms with E-state index >= 15 is 0 Å². The topological polar surface area (TPSA) is 77.1 Å². The number of hydrogen-bond acceptors (Lipinski definition) is 6. The van der Waals surface area contributed by atoms with Crippen molar-refractivity contribution in [2.75, 3.05) is 27.4 Å². The van der Waals surface area contributed by atoms with Crippen LogP contribution in [0.15, 0.2) is 47.4 Å². The molecule has 1 aliphatic carbocycles. The molecule has 2 heterocycles. The number of carbonyl (C=O) groups excluding carboxylic acids is 2. The van der Waals surface area contributed by atoms with E-state index in [-0.39, 0.29) is 35.1 Å². The van der Waals surface area contributed by atoms with Gasteiger partial charge in [-0.15, -0.1) is 11.8 Å². The second-order valence-corrected chi connectivity index (χ2v) is 10.8. The third-order valence-corrected chi connectivity index (χ3v) is 8.65. The molecule has 5 rings (SSSR count). The van der Waals surface area contributed by atoms with Crippen LogP contribution in [0.25, 0.3) is 6.08 Å². The summed E-state index contributed by atoms with van der Waals surface area (Å²) in [5.74, 6) is 2.15. The molecule has 2 aromatic rings. The molecule has 0 aromatic heterocycles. The summed E-state index contributed by atoms with van der Waals surface area (Å²) in [7, 11) is 3.49. The quantitative estimate of drug-likeness (QED) is 0.603. The maximum Gasteiger partial charge on any atom is 0.260 e. The maximum atomic E-state index is 13.2. The Bertz CT molecular complexity index is 1180. The summed E-state index contributed by atoms with van der Waals surface area (Å²) in [6.07, 6.45) is 4.31. The summed E-state index contributed by atoms with van der Waals surface area (Å²) in [5.41, 5.74) is 1.92. The van der Waals surface area contributed by atoms with E-state index in [9.17, 15) is 9.59 Å². The normalized spacial score (nSPS) is 25.2. The molecule has 2 aromatic carbocycles. The van der Waals surface area contributed by atoms with Gasteiger partial charge < -0.3 is 24.4 Å². The molecule has 2 fully saturated rings. The number of fused-ring (bicyclic) bond motifs is 2. The molecule has 0 spiro atoms. The highest BCUT2D eigenvalue weighted by Crippen LogP contribution is 2.43. The van der Waals surface area contributed by atoms with Gasteiger partial charge in [0.05, 0.1) is 18.1 Å². The van der Waals surface area contributed by atoms with Gasteiger partial charge in [-0.3, -0.25) is 9.59 Å². The molecular formula is C28H32N2O5S. The van der Waals surface area contributed by atoms with Crippen LogP contribution in [0, 0.1) is 5.92 Å². The number of hydrogen-bond donors (Lipinski definition) is 1. The molecular weight excluding hydrogens is 476 g/mol. The van der Waals surface area contributed by atoms with E-state index in [1.54, 1.807) is 18.9 Å². The Morgan fingerprint density at radius 2 is 1.97 bits per heavy atom. The van der Waals surface area contributed by atoms with Crippen LogP contribution >= 0.6 is 11.8 Å². The SMILES string of the molecule is COc1cccc(/C=C2\SC3CCC(C(=O)NC(C)c4ccc5c(c4)OCCO5)CC3N(C)C2=O)c1. The van der Waals surface area contributed by atoms with Gasteiger partial charge in [0.1, 0.15) is 19.0 Å². The smallest absolute Gasteiger partial charge is 0.260 e. The Kier molecular flexibility index (Phi) is 7.14. The standard InChI is InChI=1S/C28H32N2O5S/c1-17(19-7-9-23-24(16-19)35-12-11-34-23)29-27(31)20-8-10-25-22(15-20)30(2)28(32)26(36-25)14-18-5-4-6-21(13-18)33-3/h4-7,9,13-14,16-17,20,22,25H,8,10-12,15H2,1-3H3,(H,29,31)/b26-14-. The van der Waals surface area contributed by atoms with Crippen LogP contribution in [0.4, 0.5) is 0 Å². The molecule has 1 saturated heterocycles. The van der Waals surface area contributed by atoms with Crippen LogP contribution in [0.3, 0.4) is 0 Å². The number of carbonyl (C=O) groups is 2. The zero-order valence-corrected chi connectivity index (χ0v) is 21.7. The molecule has 0 radical (unpaired) electrons. The number of methoxy groups -OCH3 is 1. The van der Waals surface area contributed by atoms with Crippen molar-refractivity contribution < 1.29 is 23.8 Å². The molecule has 4 unspecified atom stereocenters. The average Bonchev–Trinajstić information content (AvgIpc) is 2.91. The number of amides is 2. The molecule has 1 saturated carbocycles. The minimum Gasteiger partial charge on any atom is -0.497 e. The van der Waals surface area contributed by atoms with Gasteiger partial charge in [-0.2, -0.15) is 0 Å². The second-order valence-electron chi connectivity index (χ2n) is 9.57. The van der Waals surface area contributed by atoms with Crippen molar-refractivity contribution in [1.29, 1.82) is 0 Å². The Morgan fingerprint density at radius 3 is 2.78 bits per heavy atom. The highest BCUT2D eigenvalue weighted by atomic mass is 32.2. The zero-order valence-electron chi connectivity index (χ0n) is 20.9. The third kappa shape index (κ3) is 5.05. The molecule has 8 heteroatoms. The van der Waals surface area contributed by atoms with E-state index in [2.05, 4.69) is 5.32 Å². The predicted molar refractivity (Wildman–Crippen MR) is 140 cm³/mol. The van der Waals surface area contributed by atoms with Crippen LogP contribution in [0.1, 0.15) is 43.4 Å². The largest absolute Gasteiger partial charge is 0.497 e. The Labute approximate surface area is 216 Å². The highest BCUT2D eigenvalue weighted by molar-refractivity contribution is 8.04. The van der Waals surface area contributed by atoms with E-state index < -0.39 is 0 Å². The first kappa shape index (κ1) is 24.6. The van der Waals surface area contributed by atoms with Gasteiger partial charge in [-0.05, 0) is 67.7 Å². The fourth-order valence-corrected chi connectivity index (χ4v) is 6.64. The Hall–Kier alpha value is -3.13. The minimum absolute atomic E-state index is 0.00905. The lowest BCUT2D eigenvalue weighted by molar-refractivity contribution is -0.132. The zero-order chi connectivity index (χ0) is 25.2. The molecule has 0 bridgehead atoms. The molecule has 36 heavy (non-hydrogen) atoms. The van der Waals surface area contributed by atoms with E-state index in [4.69, 9.17) is 14.2 Å². The number of nitrogens with zero attached hydrogens (tertiary/aromatic N) is 1. The number of thioether (sulfide) groups is 1. The first-order valence-electron chi connectivity index (χ1n) is 12.4. The average molecular weight is 509 g/mol. The Morgan fingerprint density at radius 1 is 1.17 bits per heavy atom. The summed E-state index contributed by atoms with van der Waals surface area (Å²) in [4.78, 5) is 28.9. The van der Waals surface area contributed by atoms with Gasteiger partial charge in [-0.1, -0.05) is 18.2 Å². The fourth-order valence-electron chi connectivity index (χ4n) is 5.16. The van der Waals surface area contributed by atoms with Gasteiger partial charge >= 0.3 is 0 Å². The van der Waals surface area contributed by atoms with Crippen molar-refractivity contribution in [3.05, 3.63) is 58.5 Å². The van der Waals surface area contributed by atoms with Crippen molar-refractivity contribution in [2.45, 2.75) is 43.5 Å². The van der Waals surface area contributed by atoms with Gasteiger partial charge in [0.15, 0.2) is 11.5 Å². The summed E-state index contributed by atoms with van der Waals surface area (Å²) in [5, 5.41) is 3.46. The lowest BCUT2D eigenvalue weighted by Crippen LogP contribution is -2.52. The lowest BCUT2D eigenvalue weighted by atomic mass is 9.83. The molecule has 7 nitrogen and oxygen atoms in total. The van der Waals surface area contributed by atoms with E-state index in [1.165, 1.54) is 0 Å². The van der Waals surface area contributed by atoms with Gasteiger partial charge in [0.25, 0.3) is 5.91 Å². The number of nitrogens with one attached hydrogen (secondary N) is 1. The second kappa shape index (κ2) is 10.5. The number of ether oxygens (including phenoxy) is 3. The molecule has 3 aliphatic rings. The van der Waals surface area contributed by atoms with E-state index in [0.717, 1.165) is 46.1 Å². The fraction of sp³-hybridized carbons (Fsp3) is 0.429. The molecule has 2 aliphatic heterocycles. The number of likely N-dealkylation sites (N-methyl/N-ethyl adjacent to an activating group) is 1. The summed E-state index contributed by atoms with van der Waals surface area (Å²) in [6.45, 7) is 3.06. The van der Waals surface area contributed by atoms with Crippen LogP contribution in [0.5, 0.6) is 17.2 Å². The lowest BCUT2D eigenvalue weighted by Gasteiger charge is -2.44. The maximum absolute atomic E-state index is 13.2. The van der Waals surface area contributed by atoms with Crippen molar-refractivity contribution >= 4 is 29.7 Å². The van der Waals surface area contributed by atoms with Crippen molar-refractivity contribution in [1.82, 2.24) is 10.2 Å².